The molecule has 0 radical (unpaired) electrons. The van der Waals surface area contributed by atoms with Crippen LogP contribution < -0.4 is 0 Å². The van der Waals surface area contributed by atoms with E-state index in [0.717, 1.165) is 0 Å². The van der Waals surface area contributed by atoms with Crippen LogP contribution in [0.25, 0.3) is 0 Å². The van der Waals surface area contributed by atoms with Gasteiger partial charge in [0, 0.05) is 14.1 Å². The Morgan fingerprint density at radius 1 is 1.07 bits per heavy atom. The van der Waals surface area contributed by atoms with Crippen molar-refractivity contribution >= 4 is 6.03 Å². The van der Waals surface area contributed by atoms with Crippen LogP contribution in [0.1, 0.15) is 18.5 Å². The lowest BCUT2D eigenvalue weighted by atomic mass is 10.0. The summed E-state index contributed by atoms with van der Waals surface area (Å²) in [6.45, 7) is 2.08. The fourth-order valence-electron chi connectivity index (χ4n) is 2.23. The molecule has 1 saturated heterocycles. The third kappa shape index (κ3) is 1.48. The summed E-state index contributed by atoms with van der Waals surface area (Å²) in [6.07, 6.45) is 0. The van der Waals surface area contributed by atoms with Gasteiger partial charge in [-0.2, -0.15) is 0 Å². The summed E-state index contributed by atoms with van der Waals surface area (Å²) in [5.74, 6) is 0. The van der Waals surface area contributed by atoms with E-state index in [1.54, 1.807) is 9.80 Å². The van der Waals surface area contributed by atoms with Gasteiger partial charge in [-0.05, 0) is 12.5 Å². The lowest BCUT2D eigenvalue weighted by molar-refractivity contribution is 0.200. The van der Waals surface area contributed by atoms with Crippen molar-refractivity contribution in [3.05, 3.63) is 35.9 Å². The van der Waals surface area contributed by atoms with E-state index < -0.39 is 0 Å². The number of hydrogen-bond donors (Lipinski definition) is 0. The fourth-order valence-corrected chi connectivity index (χ4v) is 2.23. The number of likely N-dealkylation sites (N-methyl/N-ethyl adjacent to an activating group) is 2. The second kappa shape index (κ2) is 3.57. The van der Waals surface area contributed by atoms with E-state index in [9.17, 15) is 4.79 Å². The summed E-state index contributed by atoms with van der Waals surface area (Å²) in [5.41, 5.74) is 1.20. The molecule has 15 heavy (non-hydrogen) atoms. The average Bonchev–Trinajstić information content (AvgIpc) is 2.45. The SMILES string of the molecule is C[C@@H]1[C@H](c2ccccc2)N(C)C(=O)N1C. The normalized spacial score (nSPS) is 26.2. The molecule has 0 spiro atoms. The van der Waals surface area contributed by atoms with E-state index in [4.69, 9.17) is 0 Å². The number of nitrogens with zero attached hydrogens (tertiary/aromatic N) is 2. The van der Waals surface area contributed by atoms with Crippen LogP contribution in [0, 0.1) is 0 Å². The molecule has 3 nitrogen and oxygen atoms in total. The molecule has 1 aromatic rings. The summed E-state index contributed by atoms with van der Waals surface area (Å²) < 4.78 is 0. The Morgan fingerprint density at radius 3 is 2.13 bits per heavy atom. The highest BCUT2D eigenvalue weighted by molar-refractivity contribution is 5.77. The third-order valence-electron chi connectivity index (χ3n) is 3.23. The van der Waals surface area contributed by atoms with Gasteiger partial charge in [-0.1, -0.05) is 30.3 Å². The number of hydrogen-bond acceptors (Lipinski definition) is 1. The minimum Gasteiger partial charge on any atom is -0.323 e. The van der Waals surface area contributed by atoms with E-state index in [2.05, 4.69) is 19.1 Å². The Hall–Kier alpha value is -1.51. The molecular weight excluding hydrogens is 188 g/mol. The molecule has 2 rings (SSSR count). The highest BCUT2D eigenvalue weighted by Gasteiger charge is 2.39. The molecule has 1 fully saturated rings. The zero-order chi connectivity index (χ0) is 11.0. The molecule has 0 aromatic heterocycles. The molecule has 80 valence electrons. The first kappa shape index (κ1) is 10.0. The summed E-state index contributed by atoms with van der Waals surface area (Å²) in [7, 11) is 3.71. The van der Waals surface area contributed by atoms with Crippen LogP contribution in [-0.4, -0.2) is 36.0 Å². The van der Waals surface area contributed by atoms with Crippen molar-refractivity contribution in [2.45, 2.75) is 19.0 Å². The second-order valence-corrected chi connectivity index (χ2v) is 4.10. The summed E-state index contributed by atoms with van der Waals surface area (Å²) in [4.78, 5) is 15.3. The van der Waals surface area contributed by atoms with E-state index in [0.29, 0.717) is 0 Å². The van der Waals surface area contributed by atoms with Crippen molar-refractivity contribution in [2.24, 2.45) is 0 Å². The molecule has 1 heterocycles. The lowest BCUT2D eigenvalue weighted by Crippen LogP contribution is -2.28. The first-order valence-electron chi connectivity index (χ1n) is 5.17. The Labute approximate surface area is 90.3 Å². The number of urea groups is 1. The lowest BCUT2D eigenvalue weighted by Gasteiger charge is -2.22. The molecular formula is C12H16N2O. The highest BCUT2D eigenvalue weighted by atomic mass is 16.2. The van der Waals surface area contributed by atoms with Crippen molar-refractivity contribution in [1.82, 2.24) is 9.80 Å². The zero-order valence-electron chi connectivity index (χ0n) is 9.34. The van der Waals surface area contributed by atoms with Crippen LogP contribution in [0.4, 0.5) is 4.79 Å². The van der Waals surface area contributed by atoms with Crippen LogP contribution in [0.3, 0.4) is 0 Å². The van der Waals surface area contributed by atoms with Crippen molar-refractivity contribution < 1.29 is 4.79 Å². The molecule has 2 atom stereocenters. The zero-order valence-corrected chi connectivity index (χ0v) is 9.34. The van der Waals surface area contributed by atoms with E-state index >= 15 is 0 Å². The van der Waals surface area contributed by atoms with E-state index in [1.165, 1.54) is 5.56 Å². The molecule has 0 bridgehead atoms. The van der Waals surface area contributed by atoms with E-state index in [-0.39, 0.29) is 18.1 Å². The maximum atomic E-state index is 11.8. The van der Waals surface area contributed by atoms with Gasteiger partial charge in [0.05, 0.1) is 12.1 Å². The van der Waals surface area contributed by atoms with Crippen molar-refractivity contribution in [2.75, 3.05) is 14.1 Å². The maximum Gasteiger partial charge on any atom is 0.320 e. The minimum absolute atomic E-state index is 0.0938. The predicted molar refractivity (Wildman–Crippen MR) is 59.6 cm³/mol. The van der Waals surface area contributed by atoms with Gasteiger partial charge in [0.15, 0.2) is 0 Å². The Balaban J connectivity index is 2.35. The summed E-state index contributed by atoms with van der Waals surface area (Å²) in [5, 5.41) is 0. The number of benzene rings is 1. The van der Waals surface area contributed by atoms with Crippen LogP contribution in [0.2, 0.25) is 0 Å². The molecule has 2 amide bonds. The number of rotatable bonds is 1. The van der Waals surface area contributed by atoms with Gasteiger partial charge in [0.25, 0.3) is 0 Å². The van der Waals surface area contributed by atoms with Crippen LogP contribution in [0.15, 0.2) is 30.3 Å². The average molecular weight is 204 g/mol. The number of amides is 2. The van der Waals surface area contributed by atoms with Gasteiger partial charge in [-0.15, -0.1) is 0 Å². The Morgan fingerprint density at radius 2 is 1.67 bits per heavy atom. The quantitative estimate of drug-likeness (QED) is 0.687. The molecule has 0 N–H and O–H groups in total. The van der Waals surface area contributed by atoms with Crippen LogP contribution in [-0.2, 0) is 0 Å². The Kier molecular flexibility index (Phi) is 2.39. The first-order valence-corrected chi connectivity index (χ1v) is 5.17. The second-order valence-electron chi connectivity index (χ2n) is 4.10. The predicted octanol–water partition coefficient (Wildman–Crippen LogP) is 2.11. The van der Waals surface area contributed by atoms with Crippen molar-refractivity contribution in [3.63, 3.8) is 0 Å². The first-order chi connectivity index (χ1) is 7.13. The van der Waals surface area contributed by atoms with Gasteiger partial charge in [-0.3, -0.25) is 0 Å². The molecule has 0 aliphatic carbocycles. The highest BCUT2D eigenvalue weighted by Crippen LogP contribution is 2.32. The van der Waals surface area contributed by atoms with Gasteiger partial charge >= 0.3 is 6.03 Å². The van der Waals surface area contributed by atoms with Crippen LogP contribution in [0.5, 0.6) is 0 Å². The molecule has 0 saturated carbocycles. The van der Waals surface area contributed by atoms with Crippen molar-refractivity contribution in [1.29, 1.82) is 0 Å². The summed E-state index contributed by atoms with van der Waals surface area (Å²) in [6, 6.07) is 10.7. The third-order valence-corrected chi connectivity index (χ3v) is 3.23. The van der Waals surface area contributed by atoms with Gasteiger partial charge in [-0.25, -0.2) is 4.79 Å². The van der Waals surface area contributed by atoms with E-state index in [1.807, 2.05) is 32.3 Å². The van der Waals surface area contributed by atoms with Gasteiger partial charge < -0.3 is 9.80 Å². The summed E-state index contributed by atoms with van der Waals surface area (Å²) >= 11 is 0. The Bertz CT molecular complexity index is 363. The standard InChI is InChI=1S/C12H16N2O/c1-9-11(10-7-5-4-6-8-10)14(3)12(15)13(9)2/h4-9,11H,1-3H3/t9-,11-/m1/s1. The number of carbonyl (C=O) groups is 1. The molecule has 3 heteroatoms. The monoisotopic (exact) mass is 204 g/mol. The van der Waals surface area contributed by atoms with Gasteiger partial charge in [0.2, 0.25) is 0 Å². The number of carbonyl (C=O) groups excluding carboxylic acids is 1. The molecule has 1 aromatic carbocycles. The fraction of sp³-hybridized carbons (Fsp3) is 0.417. The van der Waals surface area contributed by atoms with Crippen LogP contribution >= 0.6 is 0 Å². The molecule has 1 aliphatic heterocycles. The molecule has 1 aliphatic rings. The van der Waals surface area contributed by atoms with Crippen molar-refractivity contribution in [3.8, 4) is 0 Å². The minimum atomic E-state index is 0.0938. The smallest absolute Gasteiger partial charge is 0.320 e. The maximum absolute atomic E-state index is 11.8. The topological polar surface area (TPSA) is 23.6 Å². The largest absolute Gasteiger partial charge is 0.323 e. The van der Waals surface area contributed by atoms with Gasteiger partial charge in [0.1, 0.15) is 0 Å². The molecule has 0 unspecified atom stereocenters.